The second kappa shape index (κ2) is 8.70. The summed E-state index contributed by atoms with van der Waals surface area (Å²) in [5.74, 6) is 0.406. The van der Waals surface area contributed by atoms with Gasteiger partial charge in [0.05, 0.1) is 0 Å². The fourth-order valence-electron chi connectivity index (χ4n) is 2.25. The van der Waals surface area contributed by atoms with Crippen LogP contribution in [0.25, 0.3) is 0 Å². The first-order chi connectivity index (χ1) is 9.22. The maximum Gasteiger partial charge on any atom is 0.225 e. The Labute approximate surface area is 116 Å². The van der Waals surface area contributed by atoms with E-state index < -0.39 is 0 Å². The van der Waals surface area contributed by atoms with Crippen LogP contribution in [0.2, 0.25) is 0 Å². The molecule has 0 saturated carbocycles. The Balaban J connectivity index is 2.73. The summed E-state index contributed by atoms with van der Waals surface area (Å²) in [5.41, 5.74) is 6.75. The average molecular weight is 262 g/mol. The molecule has 0 spiro atoms. The van der Waals surface area contributed by atoms with Gasteiger partial charge in [0.25, 0.3) is 0 Å². The number of hydrogen-bond donors (Lipinski definition) is 1. The molecule has 1 aromatic rings. The molecule has 1 amide bonds. The van der Waals surface area contributed by atoms with Gasteiger partial charge in [0.2, 0.25) is 5.91 Å². The van der Waals surface area contributed by atoms with Crippen LogP contribution in [-0.4, -0.2) is 23.9 Å². The summed E-state index contributed by atoms with van der Waals surface area (Å²) in [6, 6.07) is 10.2. The van der Waals surface area contributed by atoms with Gasteiger partial charge in [-0.2, -0.15) is 0 Å². The molecule has 0 saturated heterocycles. The molecule has 0 unspecified atom stereocenters. The zero-order chi connectivity index (χ0) is 14.1. The summed E-state index contributed by atoms with van der Waals surface area (Å²) >= 11 is 0. The van der Waals surface area contributed by atoms with Crippen molar-refractivity contribution in [3.05, 3.63) is 35.9 Å². The van der Waals surface area contributed by atoms with Gasteiger partial charge in [0.15, 0.2) is 0 Å². The number of benzene rings is 1. The molecule has 0 aliphatic rings. The molecule has 0 aliphatic heterocycles. The largest absolute Gasteiger partial charge is 0.338 e. The van der Waals surface area contributed by atoms with Crippen molar-refractivity contribution >= 4 is 5.91 Å². The molecule has 3 heteroatoms. The minimum atomic E-state index is 0.140. The topological polar surface area (TPSA) is 46.3 Å². The third-order valence-corrected chi connectivity index (χ3v) is 3.49. The zero-order valence-electron chi connectivity index (χ0n) is 12.1. The van der Waals surface area contributed by atoms with Crippen LogP contribution in [-0.2, 0) is 11.3 Å². The normalized spacial score (nSPS) is 10.7. The highest BCUT2D eigenvalue weighted by Crippen LogP contribution is 2.15. The molecule has 0 atom stereocenters. The van der Waals surface area contributed by atoms with Crippen LogP contribution in [0.4, 0.5) is 0 Å². The Hall–Kier alpha value is -1.35. The number of hydrogen-bond acceptors (Lipinski definition) is 2. The highest BCUT2D eigenvalue weighted by atomic mass is 16.2. The molecule has 0 aliphatic carbocycles. The lowest BCUT2D eigenvalue weighted by Crippen LogP contribution is -2.36. The predicted octanol–water partition coefficient (Wildman–Crippen LogP) is 2.80. The van der Waals surface area contributed by atoms with E-state index in [4.69, 9.17) is 5.73 Å². The molecule has 0 radical (unpaired) electrons. The second-order valence-electron chi connectivity index (χ2n) is 4.90. The summed E-state index contributed by atoms with van der Waals surface area (Å²) in [4.78, 5) is 14.5. The van der Waals surface area contributed by atoms with Crippen LogP contribution in [0, 0.1) is 5.92 Å². The number of carbonyl (C=O) groups excluding carboxylic acids is 1. The molecule has 0 aromatic heterocycles. The van der Waals surface area contributed by atoms with Crippen molar-refractivity contribution in [1.82, 2.24) is 4.90 Å². The van der Waals surface area contributed by atoms with Crippen molar-refractivity contribution in [2.45, 2.75) is 39.7 Å². The number of carbonyl (C=O) groups is 1. The smallest absolute Gasteiger partial charge is 0.225 e. The van der Waals surface area contributed by atoms with E-state index in [0.717, 1.165) is 25.8 Å². The van der Waals surface area contributed by atoms with Crippen molar-refractivity contribution in [2.75, 3.05) is 13.1 Å². The molecular formula is C16H26N2O. The molecule has 3 nitrogen and oxygen atoms in total. The minimum Gasteiger partial charge on any atom is -0.338 e. The van der Waals surface area contributed by atoms with E-state index in [1.54, 1.807) is 0 Å². The van der Waals surface area contributed by atoms with Crippen LogP contribution in [0.5, 0.6) is 0 Å². The van der Waals surface area contributed by atoms with E-state index >= 15 is 0 Å². The first-order valence-corrected chi connectivity index (χ1v) is 7.25. The Morgan fingerprint density at radius 2 is 1.84 bits per heavy atom. The standard InChI is InChI=1S/C16H26N2O/c1-3-15(4-2)16(19)18(12-8-11-17)13-14-9-6-5-7-10-14/h5-7,9-10,15H,3-4,8,11-13,17H2,1-2H3. The molecule has 0 fully saturated rings. The van der Waals surface area contributed by atoms with Gasteiger partial charge in [0, 0.05) is 19.0 Å². The first-order valence-electron chi connectivity index (χ1n) is 7.25. The number of amides is 1. The fraction of sp³-hybridized carbons (Fsp3) is 0.562. The van der Waals surface area contributed by atoms with E-state index in [9.17, 15) is 4.79 Å². The summed E-state index contributed by atoms with van der Waals surface area (Å²) < 4.78 is 0. The Morgan fingerprint density at radius 1 is 1.21 bits per heavy atom. The van der Waals surface area contributed by atoms with Crippen molar-refractivity contribution in [3.63, 3.8) is 0 Å². The maximum absolute atomic E-state index is 12.5. The van der Waals surface area contributed by atoms with Gasteiger partial charge >= 0.3 is 0 Å². The lowest BCUT2D eigenvalue weighted by atomic mass is 10.0. The van der Waals surface area contributed by atoms with Gasteiger partial charge in [-0.25, -0.2) is 0 Å². The monoisotopic (exact) mass is 262 g/mol. The third-order valence-electron chi connectivity index (χ3n) is 3.49. The van der Waals surface area contributed by atoms with Gasteiger partial charge in [-0.05, 0) is 31.4 Å². The van der Waals surface area contributed by atoms with Crippen LogP contribution in [0.15, 0.2) is 30.3 Å². The summed E-state index contributed by atoms with van der Waals surface area (Å²) in [5, 5.41) is 0. The quantitative estimate of drug-likeness (QED) is 0.783. The Bertz CT molecular complexity index is 360. The average Bonchev–Trinajstić information content (AvgIpc) is 2.45. The fourth-order valence-corrected chi connectivity index (χ4v) is 2.25. The minimum absolute atomic E-state index is 0.140. The third kappa shape index (κ3) is 5.03. The van der Waals surface area contributed by atoms with E-state index in [-0.39, 0.29) is 11.8 Å². The number of nitrogens with zero attached hydrogens (tertiary/aromatic N) is 1. The van der Waals surface area contributed by atoms with E-state index in [1.165, 1.54) is 5.56 Å². The number of nitrogens with two attached hydrogens (primary N) is 1. The van der Waals surface area contributed by atoms with Crippen LogP contribution < -0.4 is 5.73 Å². The lowest BCUT2D eigenvalue weighted by Gasteiger charge is -2.26. The number of rotatable bonds is 8. The highest BCUT2D eigenvalue weighted by molar-refractivity contribution is 5.78. The van der Waals surface area contributed by atoms with Gasteiger partial charge in [-0.15, -0.1) is 0 Å². The molecule has 19 heavy (non-hydrogen) atoms. The van der Waals surface area contributed by atoms with Crippen molar-refractivity contribution in [3.8, 4) is 0 Å². The molecule has 0 bridgehead atoms. The van der Waals surface area contributed by atoms with Gasteiger partial charge in [-0.3, -0.25) is 4.79 Å². The second-order valence-corrected chi connectivity index (χ2v) is 4.90. The molecule has 1 aromatic carbocycles. The highest BCUT2D eigenvalue weighted by Gasteiger charge is 2.21. The Kier molecular flexibility index (Phi) is 7.19. The van der Waals surface area contributed by atoms with Crippen molar-refractivity contribution in [2.24, 2.45) is 11.7 Å². The molecular weight excluding hydrogens is 236 g/mol. The van der Waals surface area contributed by atoms with E-state index in [0.29, 0.717) is 13.1 Å². The van der Waals surface area contributed by atoms with Gasteiger partial charge in [-0.1, -0.05) is 44.2 Å². The maximum atomic E-state index is 12.5. The zero-order valence-corrected chi connectivity index (χ0v) is 12.1. The summed E-state index contributed by atoms with van der Waals surface area (Å²) in [7, 11) is 0. The molecule has 0 heterocycles. The van der Waals surface area contributed by atoms with Crippen LogP contribution in [0.3, 0.4) is 0 Å². The Morgan fingerprint density at radius 3 is 2.37 bits per heavy atom. The van der Waals surface area contributed by atoms with E-state index in [2.05, 4.69) is 26.0 Å². The van der Waals surface area contributed by atoms with Crippen LogP contribution in [0.1, 0.15) is 38.7 Å². The molecule has 106 valence electrons. The molecule has 2 N–H and O–H groups in total. The van der Waals surface area contributed by atoms with Crippen molar-refractivity contribution < 1.29 is 4.79 Å². The molecule has 1 rings (SSSR count). The predicted molar refractivity (Wildman–Crippen MR) is 79.6 cm³/mol. The van der Waals surface area contributed by atoms with Crippen LogP contribution >= 0.6 is 0 Å². The van der Waals surface area contributed by atoms with E-state index in [1.807, 2.05) is 23.1 Å². The van der Waals surface area contributed by atoms with Gasteiger partial charge in [0.1, 0.15) is 0 Å². The SMILES string of the molecule is CCC(CC)C(=O)N(CCCN)Cc1ccccc1. The summed E-state index contributed by atoms with van der Waals surface area (Å²) in [6.07, 6.45) is 2.67. The lowest BCUT2D eigenvalue weighted by molar-refractivity contribution is -0.136. The van der Waals surface area contributed by atoms with Gasteiger partial charge < -0.3 is 10.6 Å². The summed E-state index contributed by atoms with van der Waals surface area (Å²) in [6.45, 7) is 6.23. The first kappa shape index (κ1) is 15.7. The van der Waals surface area contributed by atoms with Crippen molar-refractivity contribution in [1.29, 1.82) is 0 Å².